The van der Waals surface area contributed by atoms with E-state index < -0.39 is 0 Å². The van der Waals surface area contributed by atoms with Gasteiger partial charge in [0.2, 0.25) is 5.71 Å². The summed E-state index contributed by atoms with van der Waals surface area (Å²) in [5, 5.41) is 3.19. The molecule has 0 radical (unpaired) electrons. The summed E-state index contributed by atoms with van der Waals surface area (Å²) >= 11 is 0. The van der Waals surface area contributed by atoms with Crippen molar-refractivity contribution in [3.05, 3.63) is 63.9 Å². The number of furan rings is 1. The molecule has 0 fully saturated rings. The van der Waals surface area contributed by atoms with Crippen molar-refractivity contribution in [3.63, 3.8) is 0 Å². The van der Waals surface area contributed by atoms with Crippen molar-refractivity contribution in [2.75, 3.05) is 0 Å². The fourth-order valence-corrected chi connectivity index (χ4v) is 2.86. The third-order valence-electron chi connectivity index (χ3n) is 4.26. The van der Waals surface area contributed by atoms with E-state index >= 15 is 0 Å². The molecule has 0 bridgehead atoms. The first-order valence-electron chi connectivity index (χ1n) is 8.27. The van der Waals surface area contributed by atoms with E-state index in [0.717, 1.165) is 12.8 Å². The van der Waals surface area contributed by atoms with Crippen molar-refractivity contribution in [2.45, 2.75) is 32.7 Å². The molecule has 1 aromatic carbocycles. The Morgan fingerprint density at radius 1 is 1.32 bits per heavy atom. The van der Waals surface area contributed by atoms with E-state index in [-0.39, 0.29) is 34.2 Å². The minimum absolute atomic E-state index is 0.0300. The number of aromatic nitrogens is 2. The van der Waals surface area contributed by atoms with Crippen LogP contribution >= 0.6 is 0 Å². The van der Waals surface area contributed by atoms with Crippen LogP contribution in [0.4, 0.5) is 0 Å². The third-order valence-corrected chi connectivity index (χ3v) is 4.26. The monoisotopic (exact) mass is 339 g/mol. The van der Waals surface area contributed by atoms with Crippen LogP contribution in [0.5, 0.6) is 0 Å². The Labute approximate surface area is 145 Å². The highest BCUT2D eigenvalue weighted by Crippen LogP contribution is 2.20. The second-order valence-electron chi connectivity index (χ2n) is 6.27. The first-order valence-corrected chi connectivity index (χ1v) is 8.27. The highest BCUT2D eigenvalue weighted by molar-refractivity contribution is 6.06. The Kier molecular flexibility index (Phi) is 4.70. The summed E-state index contributed by atoms with van der Waals surface area (Å²) in [5.41, 5.74) is 1.41. The van der Waals surface area contributed by atoms with E-state index in [1.165, 1.54) is 16.5 Å². The molecule has 0 aliphatic rings. The van der Waals surface area contributed by atoms with Gasteiger partial charge in [-0.2, -0.15) is 0 Å². The number of aryl methyl sites for hydroxylation is 3. The highest BCUT2D eigenvalue weighted by Gasteiger charge is 2.23. The molecule has 0 saturated carbocycles. The molecule has 2 heterocycles. The largest absolute Gasteiger partial charge is 0.442 e. The van der Waals surface area contributed by atoms with E-state index in [0.29, 0.717) is 5.76 Å². The number of nitrogens with one attached hydrogen (secondary N) is 1. The molecule has 0 spiro atoms. The van der Waals surface area contributed by atoms with Gasteiger partial charge in [0.1, 0.15) is 17.5 Å². The Balaban J connectivity index is 1.77. The zero-order valence-electron chi connectivity index (χ0n) is 14.6. The maximum Gasteiger partial charge on any atom is 0.265 e. The van der Waals surface area contributed by atoms with Crippen LogP contribution in [0, 0.1) is 6.92 Å². The summed E-state index contributed by atoms with van der Waals surface area (Å²) in [6.45, 7) is 3.62. The van der Waals surface area contributed by atoms with Gasteiger partial charge in [-0.25, -0.2) is 4.98 Å². The number of carbonyl (C=O) groups excluding carboxylic acids is 1. The Hall–Kier alpha value is -2.89. The normalized spacial score (nSPS) is 12.3. The van der Waals surface area contributed by atoms with Crippen LogP contribution in [0.3, 0.4) is 0 Å². The van der Waals surface area contributed by atoms with Gasteiger partial charge < -0.3 is 14.3 Å². The molecule has 1 atom stereocenters. The van der Waals surface area contributed by atoms with Crippen molar-refractivity contribution >= 4 is 17.0 Å². The number of hydrogen-bond donors (Lipinski definition) is 1. The molecule has 1 amide bonds. The summed E-state index contributed by atoms with van der Waals surface area (Å²) < 4.78 is 6.82. The molecular formula is C19H21N3O3. The van der Waals surface area contributed by atoms with Crippen molar-refractivity contribution in [1.82, 2.24) is 14.9 Å². The Bertz CT molecular complexity index is 957. The van der Waals surface area contributed by atoms with Gasteiger partial charge in [0.05, 0.1) is 5.56 Å². The number of nitrogens with zero attached hydrogens (tertiary/aromatic N) is 2. The summed E-state index contributed by atoms with van der Waals surface area (Å²) in [6.07, 6.45) is 3.06. The topological polar surface area (TPSA) is 77.1 Å². The number of carbonyl (C=O) groups is 1. The fraction of sp³-hybridized carbons (Fsp3) is 0.316. The molecule has 1 N–H and O–H groups in total. The maximum atomic E-state index is 12.7. The molecule has 0 unspecified atom stereocenters. The number of amides is 1. The lowest BCUT2D eigenvalue weighted by molar-refractivity contribution is 0.0938. The summed E-state index contributed by atoms with van der Waals surface area (Å²) in [6, 6.07) is 10.1. The van der Waals surface area contributed by atoms with Crippen LogP contribution in [0.15, 0.2) is 45.9 Å². The maximum absolute atomic E-state index is 12.7. The van der Waals surface area contributed by atoms with E-state index in [1.807, 2.05) is 25.1 Å². The standard InChI is InChI=1S/C19H21N3O3/c1-12(9-10-14-7-5-4-6-8-14)21-17(23)15-13(2)25-18-16(15)19(24)22(3)11-20-18/h4-8,11-12H,9-10H2,1-3H3,(H,21,23)/t12-/m0/s1. The number of hydrogen-bond acceptors (Lipinski definition) is 4. The zero-order valence-corrected chi connectivity index (χ0v) is 14.6. The van der Waals surface area contributed by atoms with Crippen molar-refractivity contribution in [3.8, 4) is 0 Å². The molecule has 0 aliphatic heterocycles. The van der Waals surface area contributed by atoms with Crippen LogP contribution in [0.1, 0.15) is 35.0 Å². The van der Waals surface area contributed by atoms with Crippen LogP contribution in [-0.2, 0) is 13.5 Å². The predicted octanol–water partition coefficient (Wildman–Crippen LogP) is 2.59. The van der Waals surface area contributed by atoms with Gasteiger partial charge in [-0.05, 0) is 32.3 Å². The SMILES string of the molecule is Cc1oc2ncn(C)c(=O)c2c1C(=O)N[C@@H](C)CCc1ccccc1. The second-order valence-corrected chi connectivity index (χ2v) is 6.27. The lowest BCUT2D eigenvalue weighted by Gasteiger charge is -2.13. The predicted molar refractivity (Wildman–Crippen MR) is 95.7 cm³/mol. The van der Waals surface area contributed by atoms with E-state index in [4.69, 9.17) is 4.42 Å². The van der Waals surface area contributed by atoms with Gasteiger partial charge in [0.15, 0.2) is 0 Å². The van der Waals surface area contributed by atoms with Crippen LogP contribution in [0.25, 0.3) is 11.1 Å². The van der Waals surface area contributed by atoms with Gasteiger partial charge in [-0.3, -0.25) is 9.59 Å². The quantitative estimate of drug-likeness (QED) is 0.775. The van der Waals surface area contributed by atoms with Crippen LogP contribution in [0.2, 0.25) is 0 Å². The number of fused-ring (bicyclic) bond motifs is 1. The Morgan fingerprint density at radius 2 is 2.04 bits per heavy atom. The van der Waals surface area contributed by atoms with Gasteiger partial charge in [0.25, 0.3) is 11.5 Å². The fourth-order valence-electron chi connectivity index (χ4n) is 2.86. The second kappa shape index (κ2) is 6.93. The van der Waals surface area contributed by atoms with E-state index in [2.05, 4.69) is 22.4 Å². The molecule has 0 aliphatic carbocycles. The molecule has 6 heteroatoms. The smallest absolute Gasteiger partial charge is 0.265 e. The minimum Gasteiger partial charge on any atom is -0.442 e. The molecular weight excluding hydrogens is 318 g/mol. The lowest BCUT2D eigenvalue weighted by atomic mass is 10.1. The van der Waals surface area contributed by atoms with Gasteiger partial charge in [-0.15, -0.1) is 0 Å². The van der Waals surface area contributed by atoms with Gasteiger partial charge >= 0.3 is 0 Å². The van der Waals surface area contributed by atoms with Crippen molar-refractivity contribution in [2.24, 2.45) is 7.05 Å². The third kappa shape index (κ3) is 3.47. The molecule has 2 aromatic heterocycles. The van der Waals surface area contributed by atoms with Crippen LogP contribution < -0.4 is 10.9 Å². The first-order chi connectivity index (χ1) is 12.0. The molecule has 0 saturated heterocycles. The van der Waals surface area contributed by atoms with Crippen LogP contribution in [-0.4, -0.2) is 21.5 Å². The molecule has 25 heavy (non-hydrogen) atoms. The zero-order chi connectivity index (χ0) is 18.0. The molecule has 3 aromatic rings. The molecule has 6 nitrogen and oxygen atoms in total. The lowest BCUT2D eigenvalue weighted by Crippen LogP contribution is -2.34. The average Bonchev–Trinajstić information content (AvgIpc) is 2.94. The highest BCUT2D eigenvalue weighted by atomic mass is 16.3. The first kappa shape index (κ1) is 17.0. The van der Waals surface area contributed by atoms with Gasteiger partial charge in [0, 0.05) is 13.1 Å². The van der Waals surface area contributed by atoms with E-state index in [9.17, 15) is 9.59 Å². The van der Waals surface area contributed by atoms with Crippen molar-refractivity contribution in [1.29, 1.82) is 0 Å². The summed E-state index contributed by atoms with van der Waals surface area (Å²) in [5.74, 6) is 0.0977. The van der Waals surface area contributed by atoms with Crippen molar-refractivity contribution < 1.29 is 9.21 Å². The Morgan fingerprint density at radius 3 is 2.76 bits per heavy atom. The number of rotatable bonds is 5. The van der Waals surface area contributed by atoms with Gasteiger partial charge in [-0.1, -0.05) is 30.3 Å². The average molecular weight is 339 g/mol. The summed E-state index contributed by atoms with van der Waals surface area (Å²) in [7, 11) is 1.60. The number of benzene rings is 1. The molecule has 3 rings (SSSR count). The molecule has 130 valence electrons. The summed E-state index contributed by atoms with van der Waals surface area (Å²) in [4.78, 5) is 29.1. The minimum atomic E-state index is -0.304. The van der Waals surface area contributed by atoms with E-state index in [1.54, 1.807) is 14.0 Å².